The molecule has 1 aromatic heterocycles. The molecule has 0 radical (unpaired) electrons. The third-order valence-electron chi connectivity index (χ3n) is 12.8. The van der Waals surface area contributed by atoms with Crippen molar-refractivity contribution in [3.05, 3.63) is 222 Å². The summed E-state index contributed by atoms with van der Waals surface area (Å²) in [6.45, 7) is 0. The molecule has 9 aromatic carbocycles. The van der Waals surface area contributed by atoms with E-state index in [2.05, 4.69) is 205 Å². The van der Waals surface area contributed by atoms with Crippen molar-refractivity contribution in [1.82, 2.24) is 0 Å². The van der Waals surface area contributed by atoms with Crippen molar-refractivity contribution in [3.8, 4) is 55.6 Å². The Morgan fingerprint density at radius 3 is 1.49 bits per heavy atom. The van der Waals surface area contributed by atoms with Crippen LogP contribution in [0.5, 0.6) is 0 Å². The summed E-state index contributed by atoms with van der Waals surface area (Å²) in [4.78, 5) is 2.51. The molecule has 1 spiro atoms. The van der Waals surface area contributed by atoms with Crippen LogP contribution in [-0.4, -0.2) is 0 Å². The fourth-order valence-electron chi connectivity index (χ4n) is 10.7. The molecule has 10 aromatic rings. The molecule has 0 saturated carbocycles. The number of hydrogen-bond acceptors (Lipinski definition) is 2. The van der Waals surface area contributed by atoms with Gasteiger partial charge in [0.25, 0.3) is 0 Å². The van der Waals surface area contributed by atoms with Crippen molar-refractivity contribution in [2.45, 2.75) is 5.41 Å². The summed E-state index contributed by atoms with van der Waals surface area (Å²) in [6, 6.07) is 75.4. The zero-order chi connectivity index (χ0) is 37.2. The first-order chi connectivity index (χ1) is 28.3. The third-order valence-corrected chi connectivity index (χ3v) is 14.0. The highest BCUT2D eigenvalue weighted by Crippen LogP contribution is 2.64. The minimum atomic E-state index is -0.599. The lowest BCUT2D eigenvalue weighted by atomic mass is 9.65. The van der Waals surface area contributed by atoms with Gasteiger partial charge in [-0.1, -0.05) is 164 Å². The molecule has 13 rings (SSSR count). The second-order valence-corrected chi connectivity index (χ2v) is 16.6. The lowest BCUT2D eigenvalue weighted by Gasteiger charge is -2.36. The Labute approximate surface area is 335 Å². The third kappa shape index (κ3) is 4.02. The van der Waals surface area contributed by atoms with E-state index >= 15 is 0 Å². The highest BCUT2D eigenvalue weighted by atomic mass is 32.1. The molecule has 1 nitrogen and oxygen atoms in total. The van der Waals surface area contributed by atoms with Crippen molar-refractivity contribution in [1.29, 1.82) is 0 Å². The summed E-state index contributed by atoms with van der Waals surface area (Å²) in [5.41, 5.74) is 20.9. The first-order valence-corrected chi connectivity index (χ1v) is 20.6. The van der Waals surface area contributed by atoms with Gasteiger partial charge in [0.05, 0.1) is 16.8 Å². The summed E-state index contributed by atoms with van der Waals surface area (Å²) in [5, 5.41) is 2.69. The van der Waals surface area contributed by atoms with Crippen LogP contribution in [0.1, 0.15) is 22.3 Å². The zero-order valence-electron chi connectivity index (χ0n) is 30.9. The second-order valence-electron chi connectivity index (χ2n) is 15.5. The number of hydrogen-bond donors (Lipinski definition) is 0. The van der Waals surface area contributed by atoms with Crippen molar-refractivity contribution in [3.63, 3.8) is 0 Å². The Morgan fingerprint density at radius 2 is 0.825 bits per heavy atom. The molecule has 2 heterocycles. The summed E-state index contributed by atoms with van der Waals surface area (Å²) in [6.07, 6.45) is 0. The number of benzene rings is 9. The lowest BCUT2D eigenvalue weighted by molar-refractivity contribution is 0.776. The van der Waals surface area contributed by atoms with Gasteiger partial charge in [0.2, 0.25) is 0 Å². The van der Waals surface area contributed by atoms with Crippen LogP contribution >= 0.6 is 11.3 Å². The molecular formula is C55H33NS. The van der Waals surface area contributed by atoms with Gasteiger partial charge in [-0.3, -0.25) is 0 Å². The number of thiophene rings is 1. The van der Waals surface area contributed by atoms with Crippen LogP contribution in [0.15, 0.2) is 200 Å². The van der Waals surface area contributed by atoms with Crippen molar-refractivity contribution < 1.29 is 0 Å². The van der Waals surface area contributed by atoms with Crippen molar-refractivity contribution in [2.75, 3.05) is 4.90 Å². The molecule has 0 fully saturated rings. The molecule has 1 aliphatic heterocycles. The van der Waals surface area contributed by atoms with Crippen LogP contribution in [-0.2, 0) is 5.41 Å². The highest BCUT2D eigenvalue weighted by molar-refractivity contribution is 7.26. The average Bonchev–Trinajstić information content (AvgIpc) is 3.73. The van der Waals surface area contributed by atoms with Gasteiger partial charge >= 0.3 is 0 Å². The fraction of sp³-hybridized carbons (Fsp3) is 0.0182. The number of anilines is 3. The van der Waals surface area contributed by atoms with Gasteiger partial charge in [-0.05, 0) is 103 Å². The predicted octanol–water partition coefficient (Wildman–Crippen LogP) is 15.2. The monoisotopic (exact) mass is 739 g/mol. The predicted molar refractivity (Wildman–Crippen MR) is 240 cm³/mol. The van der Waals surface area contributed by atoms with Gasteiger partial charge in [0.15, 0.2) is 0 Å². The maximum Gasteiger partial charge on any atom is 0.0726 e. The number of fused-ring (bicyclic) bond motifs is 21. The van der Waals surface area contributed by atoms with E-state index in [-0.39, 0.29) is 0 Å². The van der Waals surface area contributed by atoms with E-state index in [1.54, 1.807) is 0 Å². The van der Waals surface area contributed by atoms with E-state index < -0.39 is 5.41 Å². The molecule has 57 heavy (non-hydrogen) atoms. The molecule has 2 aliphatic carbocycles. The van der Waals surface area contributed by atoms with Gasteiger partial charge in [-0.25, -0.2) is 0 Å². The van der Waals surface area contributed by atoms with Crippen LogP contribution in [0.25, 0.3) is 75.8 Å². The lowest BCUT2D eigenvalue weighted by Crippen LogP contribution is -2.29. The molecule has 3 aliphatic rings. The molecule has 1 unspecified atom stereocenters. The van der Waals surface area contributed by atoms with Crippen LogP contribution in [0.3, 0.4) is 0 Å². The van der Waals surface area contributed by atoms with E-state index in [9.17, 15) is 0 Å². The fourth-order valence-corrected chi connectivity index (χ4v) is 11.8. The first-order valence-electron chi connectivity index (χ1n) is 19.8. The van der Waals surface area contributed by atoms with E-state index in [4.69, 9.17) is 0 Å². The van der Waals surface area contributed by atoms with Gasteiger partial charge in [-0.2, -0.15) is 0 Å². The molecule has 2 heteroatoms. The van der Waals surface area contributed by atoms with E-state index in [0.29, 0.717) is 0 Å². The van der Waals surface area contributed by atoms with Gasteiger partial charge < -0.3 is 4.90 Å². The Hall–Kier alpha value is -7.00. The average molecular weight is 740 g/mol. The Balaban J connectivity index is 1.20. The quantitative estimate of drug-likeness (QED) is 0.162. The van der Waals surface area contributed by atoms with Crippen LogP contribution < -0.4 is 4.90 Å². The van der Waals surface area contributed by atoms with Gasteiger partial charge in [0.1, 0.15) is 0 Å². The molecule has 0 N–H and O–H groups in total. The molecule has 1 atom stereocenters. The van der Waals surface area contributed by atoms with E-state index in [1.165, 1.54) is 109 Å². The number of nitrogens with zero attached hydrogens (tertiary/aromatic N) is 1. The molecule has 0 bridgehead atoms. The van der Waals surface area contributed by atoms with Gasteiger partial charge in [0, 0.05) is 37.0 Å². The molecule has 0 amide bonds. The van der Waals surface area contributed by atoms with Crippen molar-refractivity contribution >= 4 is 48.6 Å². The molecular weight excluding hydrogens is 707 g/mol. The van der Waals surface area contributed by atoms with Crippen LogP contribution in [0.4, 0.5) is 17.1 Å². The first kappa shape index (κ1) is 31.2. The van der Waals surface area contributed by atoms with E-state index in [0.717, 1.165) is 5.69 Å². The summed E-state index contributed by atoms with van der Waals surface area (Å²) in [7, 11) is 0. The molecule has 264 valence electrons. The van der Waals surface area contributed by atoms with Crippen LogP contribution in [0.2, 0.25) is 0 Å². The van der Waals surface area contributed by atoms with Gasteiger partial charge in [-0.15, -0.1) is 11.3 Å². The number of para-hydroxylation sites is 2. The number of rotatable bonds is 1. The summed E-state index contributed by atoms with van der Waals surface area (Å²) in [5.74, 6) is 0. The maximum absolute atomic E-state index is 2.54. The Morgan fingerprint density at radius 1 is 0.333 bits per heavy atom. The minimum Gasteiger partial charge on any atom is -0.309 e. The Kier molecular flexibility index (Phi) is 6.31. The SMILES string of the molecule is c1ccc2c(c1)-c1ccccc1N(c1ccc3c(c1)C1(c4ccccc4-c4ccccc4-3)c3ccccc3-c3c1ccc1sc4ccccc4c31)c1ccccc1-2. The molecule has 0 saturated heterocycles. The minimum absolute atomic E-state index is 0.599. The normalized spacial score (nSPS) is 15.4. The van der Waals surface area contributed by atoms with E-state index in [1.807, 2.05) is 11.3 Å². The summed E-state index contributed by atoms with van der Waals surface area (Å²) < 4.78 is 2.66. The highest BCUT2D eigenvalue weighted by Gasteiger charge is 2.50. The topological polar surface area (TPSA) is 3.24 Å². The smallest absolute Gasteiger partial charge is 0.0726 e. The standard InChI is InChI=1S/C55H33NS/c1-2-16-36-35(15-1)39-19-5-10-24-45(39)55(46-25-11-6-22-43(46)53-47(55)31-32-52-54(53)44-23-9-14-28-51(44)57-52)48-33-34(29-30-40(36)48)56-49-26-12-7-20-41(49)37-17-3-4-18-38(37)42-21-8-13-27-50(42)56/h1-33H. The second kappa shape index (κ2) is 11.5. The Bertz CT molecular complexity index is 3260. The summed E-state index contributed by atoms with van der Waals surface area (Å²) >= 11 is 1.90. The maximum atomic E-state index is 2.54. The van der Waals surface area contributed by atoms with Crippen molar-refractivity contribution in [2.24, 2.45) is 0 Å². The largest absolute Gasteiger partial charge is 0.309 e. The zero-order valence-corrected chi connectivity index (χ0v) is 31.7. The van der Waals surface area contributed by atoms with Crippen LogP contribution in [0, 0.1) is 0 Å².